The van der Waals surface area contributed by atoms with Crippen LogP contribution in [0.25, 0.3) is 11.1 Å². The van der Waals surface area contributed by atoms with Crippen LogP contribution in [-0.2, 0) is 4.79 Å². The van der Waals surface area contributed by atoms with Crippen molar-refractivity contribution in [2.45, 2.75) is 25.3 Å². The Morgan fingerprint density at radius 1 is 1.27 bits per heavy atom. The van der Waals surface area contributed by atoms with Gasteiger partial charge in [0.15, 0.2) is 5.58 Å². The monoisotopic (exact) mass is 355 g/mol. The Balaban J connectivity index is 1.33. The van der Waals surface area contributed by atoms with Gasteiger partial charge >= 0.3 is 0 Å². The van der Waals surface area contributed by atoms with Crippen LogP contribution in [0.3, 0.4) is 0 Å². The van der Waals surface area contributed by atoms with Crippen molar-refractivity contribution in [2.75, 3.05) is 29.4 Å². The Morgan fingerprint density at radius 2 is 2.19 bits per heavy atom. The van der Waals surface area contributed by atoms with Gasteiger partial charge in [-0.1, -0.05) is 0 Å². The number of oxazole rings is 1. The van der Waals surface area contributed by atoms with E-state index >= 15 is 0 Å². The molecule has 7 nitrogen and oxygen atoms in total. The molecule has 2 aromatic heterocycles. The van der Waals surface area contributed by atoms with Crippen molar-refractivity contribution < 1.29 is 13.6 Å². The molecule has 0 N–H and O–H groups in total. The molecule has 5 rings (SSSR count). The summed E-state index contributed by atoms with van der Waals surface area (Å²) in [4.78, 5) is 20.1. The zero-order valence-corrected chi connectivity index (χ0v) is 14.1. The minimum Gasteiger partial charge on any atom is -0.423 e. The number of benzene rings is 1. The molecule has 4 heterocycles. The summed E-state index contributed by atoms with van der Waals surface area (Å²) < 4.78 is 21.0. The summed E-state index contributed by atoms with van der Waals surface area (Å²) in [5, 5.41) is 4.46. The number of rotatable bonds is 3. The summed E-state index contributed by atoms with van der Waals surface area (Å²) in [7, 11) is 0. The number of halogens is 1. The Hall–Kier alpha value is -2.90. The lowest BCUT2D eigenvalue weighted by molar-refractivity contribution is -0.117. The number of carbonyl (C=O) groups is 1. The van der Waals surface area contributed by atoms with Gasteiger partial charge in [0.05, 0.1) is 17.9 Å². The minimum atomic E-state index is -0.322. The Morgan fingerprint density at radius 3 is 3.04 bits per heavy atom. The lowest BCUT2D eigenvalue weighted by atomic mass is 10.3. The molecule has 8 heteroatoms. The Bertz CT molecular complexity index is 981. The van der Waals surface area contributed by atoms with Crippen molar-refractivity contribution >= 4 is 28.7 Å². The van der Waals surface area contributed by atoms with Crippen LogP contribution in [0, 0.1) is 5.82 Å². The molecule has 2 fully saturated rings. The summed E-state index contributed by atoms with van der Waals surface area (Å²) in [6.45, 7) is 2.27. The van der Waals surface area contributed by atoms with E-state index < -0.39 is 0 Å². The summed E-state index contributed by atoms with van der Waals surface area (Å²) in [6, 6.07) is 5.04. The highest BCUT2D eigenvalue weighted by Crippen LogP contribution is 2.30. The normalized spacial score (nSPS) is 20.7. The maximum Gasteiger partial charge on any atom is 0.298 e. The fourth-order valence-electron chi connectivity index (χ4n) is 3.74. The summed E-state index contributed by atoms with van der Waals surface area (Å²) >= 11 is 0. The van der Waals surface area contributed by atoms with Crippen LogP contribution in [0.15, 0.2) is 35.0 Å². The largest absolute Gasteiger partial charge is 0.423 e. The third kappa shape index (κ3) is 2.53. The van der Waals surface area contributed by atoms with E-state index in [0.29, 0.717) is 30.1 Å². The predicted molar refractivity (Wildman–Crippen MR) is 93.6 cm³/mol. The average molecular weight is 355 g/mol. The lowest BCUT2D eigenvalue weighted by Gasteiger charge is -2.14. The maximum atomic E-state index is 13.3. The molecule has 3 aromatic rings. The molecule has 0 saturated carbocycles. The van der Waals surface area contributed by atoms with Crippen molar-refractivity contribution in [1.82, 2.24) is 14.8 Å². The van der Waals surface area contributed by atoms with Crippen LogP contribution in [-0.4, -0.2) is 40.3 Å². The number of fused-ring (bicyclic) bond motifs is 1. The Kier molecular flexibility index (Phi) is 3.44. The van der Waals surface area contributed by atoms with Crippen LogP contribution in [0.4, 0.5) is 16.1 Å². The molecule has 1 unspecified atom stereocenters. The molecule has 0 bridgehead atoms. The summed E-state index contributed by atoms with van der Waals surface area (Å²) in [5.41, 5.74) is 1.97. The standard InChI is InChI=1S/C18H18FN5O2/c19-12-3-4-16-15(8-12)21-18(26-16)22-7-5-13(10-22)24-11-14(9-20-24)23-6-1-2-17(23)25/h3-4,8-9,11,13H,1-2,5-7,10H2. The number of anilines is 2. The third-order valence-electron chi connectivity index (χ3n) is 5.12. The van der Waals surface area contributed by atoms with Crippen molar-refractivity contribution in [3.63, 3.8) is 0 Å². The molecular weight excluding hydrogens is 337 g/mol. The number of nitrogens with zero attached hydrogens (tertiary/aromatic N) is 5. The van der Waals surface area contributed by atoms with Gasteiger partial charge in [0, 0.05) is 38.3 Å². The molecule has 0 radical (unpaired) electrons. The third-order valence-corrected chi connectivity index (χ3v) is 5.12. The lowest BCUT2D eigenvalue weighted by Crippen LogP contribution is -2.23. The summed E-state index contributed by atoms with van der Waals surface area (Å²) in [5.74, 6) is -0.159. The van der Waals surface area contributed by atoms with E-state index in [2.05, 4.69) is 10.1 Å². The second-order valence-corrected chi connectivity index (χ2v) is 6.82. The molecule has 2 saturated heterocycles. The summed E-state index contributed by atoms with van der Waals surface area (Å²) in [6.07, 6.45) is 6.12. The van der Waals surface area contributed by atoms with E-state index in [0.717, 1.165) is 31.6 Å². The van der Waals surface area contributed by atoms with Crippen molar-refractivity contribution in [2.24, 2.45) is 0 Å². The first kappa shape index (κ1) is 15.4. The number of carbonyl (C=O) groups excluding carboxylic acids is 1. The molecule has 1 atom stereocenters. The highest BCUT2D eigenvalue weighted by molar-refractivity contribution is 5.95. The number of hydrogen-bond acceptors (Lipinski definition) is 5. The second-order valence-electron chi connectivity index (χ2n) is 6.82. The van der Waals surface area contributed by atoms with Gasteiger partial charge in [-0.2, -0.15) is 10.1 Å². The topological polar surface area (TPSA) is 67.4 Å². The highest BCUT2D eigenvalue weighted by Gasteiger charge is 2.29. The van der Waals surface area contributed by atoms with Gasteiger partial charge in [0.2, 0.25) is 5.91 Å². The quantitative estimate of drug-likeness (QED) is 0.723. The van der Waals surface area contributed by atoms with E-state index in [1.54, 1.807) is 17.2 Å². The molecule has 1 amide bonds. The molecule has 2 aliphatic rings. The number of amides is 1. The molecule has 1 aromatic carbocycles. The zero-order chi connectivity index (χ0) is 17.7. The van der Waals surface area contributed by atoms with Crippen molar-refractivity contribution in [1.29, 1.82) is 0 Å². The van der Waals surface area contributed by atoms with Crippen LogP contribution >= 0.6 is 0 Å². The van der Waals surface area contributed by atoms with E-state index in [9.17, 15) is 9.18 Å². The molecule has 26 heavy (non-hydrogen) atoms. The predicted octanol–water partition coefficient (Wildman–Crippen LogP) is 2.74. The van der Waals surface area contributed by atoms with Gasteiger partial charge in [-0.25, -0.2) is 4.39 Å². The van der Waals surface area contributed by atoms with Crippen LogP contribution in [0.5, 0.6) is 0 Å². The van der Waals surface area contributed by atoms with E-state index in [-0.39, 0.29) is 17.8 Å². The second kappa shape index (κ2) is 5.82. The van der Waals surface area contributed by atoms with Gasteiger partial charge in [-0.15, -0.1) is 0 Å². The highest BCUT2D eigenvalue weighted by atomic mass is 19.1. The zero-order valence-electron chi connectivity index (χ0n) is 14.1. The van der Waals surface area contributed by atoms with E-state index in [4.69, 9.17) is 4.42 Å². The molecule has 0 aliphatic carbocycles. The van der Waals surface area contributed by atoms with Crippen LogP contribution in [0.1, 0.15) is 25.3 Å². The molecule has 134 valence electrons. The smallest absolute Gasteiger partial charge is 0.298 e. The van der Waals surface area contributed by atoms with Crippen molar-refractivity contribution in [3.8, 4) is 0 Å². The van der Waals surface area contributed by atoms with Gasteiger partial charge in [-0.3, -0.25) is 9.48 Å². The number of aromatic nitrogens is 3. The molecule has 2 aliphatic heterocycles. The van der Waals surface area contributed by atoms with Gasteiger partial charge in [-0.05, 0) is 25.0 Å². The van der Waals surface area contributed by atoms with Gasteiger partial charge < -0.3 is 14.2 Å². The van der Waals surface area contributed by atoms with Crippen LogP contribution in [0.2, 0.25) is 0 Å². The maximum absolute atomic E-state index is 13.3. The Labute approximate surface area is 149 Å². The first-order valence-corrected chi connectivity index (χ1v) is 8.83. The SMILES string of the molecule is O=C1CCCN1c1cnn(C2CCN(c3nc4cc(F)ccc4o3)C2)c1. The molecular formula is C18H18FN5O2. The van der Waals surface area contributed by atoms with E-state index in [1.165, 1.54) is 12.1 Å². The minimum absolute atomic E-state index is 0.163. The molecule has 0 spiro atoms. The first-order valence-electron chi connectivity index (χ1n) is 8.83. The number of hydrogen-bond donors (Lipinski definition) is 0. The fourth-order valence-corrected chi connectivity index (χ4v) is 3.74. The van der Waals surface area contributed by atoms with Crippen LogP contribution < -0.4 is 9.80 Å². The van der Waals surface area contributed by atoms with E-state index in [1.807, 2.05) is 15.8 Å². The van der Waals surface area contributed by atoms with Crippen molar-refractivity contribution in [3.05, 3.63) is 36.4 Å². The van der Waals surface area contributed by atoms with Gasteiger partial charge in [0.25, 0.3) is 6.01 Å². The first-order chi connectivity index (χ1) is 12.7. The average Bonchev–Trinajstić information content (AvgIpc) is 3.39. The fraction of sp³-hybridized carbons (Fsp3) is 0.389. The van der Waals surface area contributed by atoms with Gasteiger partial charge in [0.1, 0.15) is 11.3 Å².